The van der Waals surface area contributed by atoms with E-state index < -0.39 is 17.7 Å². The maximum absolute atomic E-state index is 14.2. The van der Waals surface area contributed by atoms with Gasteiger partial charge < -0.3 is 20.5 Å². The third-order valence-electron chi connectivity index (χ3n) is 6.48. The first-order valence-electron chi connectivity index (χ1n) is 11.9. The Kier molecular flexibility index (Phi) is 7.47. The summed E-state index contributed by atoms with van der Waals surface area (Å²) in [5, 5.41) is 29.3. The maximum atomic E-state index is 14.2. The lowest BCUT2D eigenvalue weighted by molar-refractivity contribution is -0.00177. The van der Waals surface area contributed by atoms with Crippen molar-refractivity contribution >= 4 is 17.2 Å². The number of nitriles is 1. The van der Waals surface area contributed by atoms with E-state index in [2.05, 4.69) is 25.7 Å². The number of carbonyl (C=O) groups is 1. The van der Waals surface area contributed by atoms with Crippen molar-refractivity contribution in [3.8, 4) is 17.5 Å². The fourth-order valence-corrected chi connectivity index (χ4v) is 4.20. The number of methoxy groups -OCH3 is 1. The molecule has 1 aliphatic rings. The van der Waals surface area contributed by atoms with E-state index in [1.54, 1.807) is 30.0 Å². The average Bonchev–Trinajstić information content (AvgIpc) is 3.30. The molecule has 0 radical (unpaired) electrons. The number of carbonyl (C=O) groups excluding carboxylic acids is 1. The van der Waals surface area contributed by atoms with Crippen molar-refractivity contribution in [2.45, 2.75) is 63.4 Å². The molecule has 10 nitrogen and oxygen atoms in total. The van der Waals surface area contributed by atoms with Gasteiger partial charge in [0.25, 0.3) is 5.91 Å². The molecule has 190 valence electrons. The summed E-state index contributed by atoms with van der Waals surface area (Å²) in [4.78, 5) is 21.8. The molecule has 3 heterocycles. The molecule has 0 bridgehead atoms. The standard InChI is InChI=1S/C25H30FN7O3/c1-25(2,35)22(26)14-30-24(34)18-12-28-20(9-19(18)32-16-4-6-17(36-3)7-5-16)21-13-29-23-8-15(10-27)11-31-33(21)23/h8-9,11-13,16-17,22,35H,4-7,14H2,1-3H3,(H,28,32)(H,30,34). The summed E-state index contributed by atoms with van der Waals surface area (Å²) in [6.45, 7) is 2.38. The predicted molar refractivity (Wildman–Crippen MR) is 131 cm³/mol. The third-order valence-corrected chi connectivity index (χ3v) is 6.48. The lowest BCUT2D eigenvalue weighted by atomic mass is 9.92. The van der Waals surface area contributed by atoms with Crippen LogP contribution in [-0.4, -0.2) is 68.2 Å². The van der Waals surface area contributed by atoms with Crippen molar-refractivity contribution < 1.29 is 19.0 Å². The number of rotatable bonds is 8. The summed E-state index contributed by atoms with van der Waals surface area (Å²) in [5.41, 5.74) is 1.27. The summed E-state index contributed by atoms with van der Waals surface area (Å²) in [5.74, 6) is -0.496. The molecule has 1 amide bonds. The van der Waals surface area contributed by atoms with Gasteiger partial charge in [-0.15, -0.1) is 0 Å². The van der Waals surface area contributed by atoms with Crippen molar-refractivity contribution in [3.63, 3.8) is 0 Å². The Hall–Kier alpha value is -3.62. The number of hydrogen-bond acceptors (Lipinski definition) is 8. The van der Waals surface area contributed by atoms with Crippen LogP contribution >= 0.6 is 0 Å². The van der Waals surface area contributed by atoms with E-state index in [9.17, 15) is 14.3 Å². The molecule has 1 fully saturated rings. The van der Waals surface area contributed by atoms with E-state index in [1.165, 1.54) is 26.2 Å². The van der Waals surface area contributed by atoms with Gasteiger partial charge in [-0.2, -0.15) is 10.4 Å². The fraction of sp³-hybridized carbons (Fsp3) is 0.480. The zero-order valence-corrected chi connectivity index (χ0v) is 20.5. The zero-order valence-electron chi connectivity index (χ0n) is 20.5. The Morgan fingerprint density at radius 3 is 2.69 bits per heavy atom. The van der Waals surface area contributed by atoms with E-state index in [-0.39, 0.29) is 24.3 Å². The lowest BCUT2D eigenvalue weighted by Crippen LogP contribution is -2.42. The quantitative estimate of drug-likeness (QED) is 0.434. The molecule has 0 spiro atoms. The number of pyridine rings is 1. The van der Waals surface area contributed by atoms with Crippen LogP contribution in [-0.2, 0) is 4.74 Å². The summed E-state index contributed by atoms with van der Waals surface area (Å²) in [7, 11) is 1.71. The van der Waals surface area contributed by atoms with Gasteiger partial charge in [0, 0.05) is 25.4 Å². The van der Waals surface area contributed by atoms with E-state index in [0.717, 1.165) is 25.7 Å². The van der Waals surface area contributed by atoms with Crippen molar-refractivity contribution in [2.24, 2.45) is 0 Å². The van der Waals surface area contributed by atoms with E-state index in [4.69, 9.17) is 10.00 Å². The van der Waals surface area contributed by atoms with Gasteiger partial charge in [-0.3, -0.25) is 9.78 Å². The van der Waals surface area contributed by atoms with Crippen molar-refractivity contribution in [1.82, 2.24) is 24.9 Å². The van der Waals surface area contributed by atoms with Crippen LogP contribution in [0.1, 0.15) is 55.5 Å². The number of nitrogens with one attached hydrogen (secondary N) is 2. The smallest absolute Gasteiger partial charge is 0.255 e. The Morgan fingerprint density at radius 1 is 1.28 bits per heavy atom. The number of aliphatic hydroxyl groups is 1. The van der Waals surface area contributed by atoms with Crippen molar-refractivity contribution in [3.05, 3.63) is 41.9 Å². The molecule has 3 aromatic heterocycles. The van der Waals surface area contributed by atoms with Gasteiger partial charge in [0.1, 0.15) is 17.9 Å². The highest BCUT2D eigenvalue weighted by atomic mass is 19.1. The highest BCUT2D eigenvalue weighted by molar-refractivity contribution is 6.00. The molecule has 1 atom stereocenters. The van der Waals surface area contributed by atoms with Gasteiger partial charge in [-0.05, 0) is 45.6 Å². The minimum absolute atomic E-state index is 0.127. The molecule has 11 heteroatoms. The number of ether oxygens (including phenoxy) is 1. The molecule has 0 saturated heterocycles. The number of halogens is 1. The van der Waals surface area contributed by atoms with Crippen LogP contribution in [0.4, 0.5) is 10.1 Å². The van der Waals surface area contributed by atoms with Gasteiger partial charge in [0.15, 0.2) is 5.65 Å². The van der Waals surface area contributed by atoms with Crippen LogP contribution in [0.15, 0.2) is 30.7 Å². The molecule has 1 saturated carbocycles. The molecular weight excluding hydrogens is 465 g/mol. The van der Waals surface area contributed by atoms with E-state index >= 15 is 0 Å². The van der Waals surface area contributed by atoms with Crippen LogP contribution in [0.2, 0.25) is 0 Å². The van der Waals surface area contributed by atoms with E-state index in [1.807, 2.05) is 6.07 Å². The van der Waals surface area contributed by atoms with Crippen LogP contribution in [0.5, 0.6) is 0 Å². The molecule has 36 heavy (non-hydrogen) atoms. The first-order valence-corrected chi connectivity index (χ1v) is 11.9. The second kappa shape index (κ2) is 10.6. The highest BCUT2D eigenvalue weighted by Gasteiger charge is 2.28. The second-order valence-corrected chi connectivity index (χ2v) is 9.57. The number of hydrogen-bond donors (Lipinski definition) is 3. The van der Waals surface area contributed by atoms with Crippen molar-refractivity contribution in [2.75, 3.05) is 19.0 Å². The molecular formula is C25H30FN7O3. The van der Waals surface area contributed by atoms with Crippen LogP contribution in [0, 0.1) is 11.3 Å². The monoisotopic (exact) mass is 495 g/mol. The summed E-state index contributed by atoms with van der Waals surface area (Å²) in [6.07, 6.45) is 6.64. The Bertz CT molecular complexity index is 1270. The number of aromatic nitrogens is 4. The Morgan fingerprint density at radius 2 is 2.03 bits per heavy atom. The van der Waals surface area contributed by atoms with Gasteiger partial charge in [-0.1, -0.05) is 0 Å². The Balaban J connectivity index is 1.64. The van der Waals surface area contributed by atoms with Gasteiger partial charge in [-0.25, -0.2) is 13.9 Å². The Labute approximate surface area is 208 Å². The average molecular weight is 496 g/mol. The zero-order chi connectivity index (χ0) is 25.9. The largest absolute Gasteiger partial charge is 0.387 e. The molecule has 3 aromatic rings. The molecule has 1 unspecified atom stereocenters. The SMILES string of the molecule is COC1CCC(Nc2cc(-c3cnc4cc(C#N)cnn34)ncc2C(=O)NCC(F)C(C)(C)O)CC1. The van der Waals surface area contributed by atoms with Crippen molar-refractivity contribution in [1.29, 1.82) is 5.26 Å². The van der Waals surface area contributed by atoms with Gasteiger partial charge >= 0.3 is 0 Å². The summed E-state index contributed by atoms with van der Waals surface area (Å²) in [6, 6.07) is 5.55. The first kappa shape index (κ1) is 25.5. The first-order chi connectivity index (χ1) is 17.2. The summed E-state index contributed by atoms with van der Waals surface area (Å²) >= 11 is 0. The highest BCUT2D eigenvalue weighted by Crippen LogP contribution is 2.28. The minimum Gasteiger partial charge on any atom is -0.387 e. The second-order valence-electron chi connectivity index (χ2n) is 9.57. The molecule has 3 N–H and O–H groups in total. The number of alkyl halides is 1. The molecule has 0 aliphatic heterocycles. The molecule has 4 rings (SSSR count). The van der Waals surface area contributed by atoms with Gasteiger partial charge in [0.2, 0.25) is 0 Å². The van der Waals surface area contributed by atoms with Crippen LogP contribution in [0.3, 0.4) is 0 Å². The number of fused-ring (bicyclic) bond motifs is 1. The fourth-order valence-electron chi connectivity index (χ4n) is 4.20. The number of anilines is 1. The maximum Gasteiger partial charge on any atom is 0.255 e. The normalized spacial score (nSPS) is 19.0. The number of amides is 1. The topological polar surface area (TPSA) is 137 Å². The molecule has 1 aliphatic carbocycles. The van der Waals surface area contributed by atoms with Gasteiger partial charge in [0.05, 0.1) is 53.2 Å². The third kappa shape index (κ3) is 5.61. The predicted octanol–water partition coefficient (Wildman–Crippen LogP) is 2.87. The van der Waals surface area contributed by atoms with E-state index in [0.29, 0.717) is 28.3 Å². The summed E-state index contributed by atoms with van der Waals surface area (Å²) < 4.78 is 21.3. The lowest BCUT2D eigenvalue weighted by Gasteiger charge is -2.29. The molecule has 0 aromatic carbocycles. The van der Waals surface area contributed by atoms with Crippen LogP contribution in [0.25, 0.3) is 17.0 Å². The number of imidazole rings is 1. The number of nitrogens with zero attached hydrogens (tertiary/aromatic N) is 5. The van der Waals surface area contributed by atoms with Crippen LogP contribution < -0.4 is 10.6 Å². The minimum atomic E-state index is -1.63.